The number of carboxylic acid groups (broad SMARTS) is 1. The van der Waals surface area contributed by atoms with E-state index in [0.717, 1.165) is 16.0 Å². The third-order valence-corrected chi connectivity index (χ3v) is 3.41. The molecule has 0 unspecified atom stereocenters. The highest BCUT2D eigenvalue weighted by Gasteiger charge is 2.11. The summed E-state index contributed by atoms with van der Waals surface area (Å²) in [4.78, 5) is 11.1. The van der Waals surface area contributed by atoms with Gasteiger partial charge in [-0.25, -0.2) is 9.48 Å². The number of carbonyl (C=O) groups is 1. The minimum absolute atomic E-state index is 0.291. The van der Waals surface area contributed by atoms with Gasteiger partial charge in [0, 0.05) is 0 Å². The zero-order chi connectivity index (χ0) is 11.8. The first kappa shape index (κ1) is 9.98. The number of para-hydroxylation sites is 1. The lowest BCUT2D eigenvalue weighted by Gasteiger charge is -1.96. The summed E-state index contributed by atoms with van der Waals surface area (Å²) in [7, 11) is 0. The van der Waals surface area contributed by atoms with Crippen LogP contribution in [0.5, 0.6) is 0 Å². The molecule has 2 heterocycles. The Labute approximate surface area is 99.9 Å². The average molecular weight is 245 g/mol. The summed E-state index contributed by atoms with van der Waals surface area (Å²) in [6, 6.07) is 10.8. The summed E-state index contributed by atoms with van der Waals surface area (Å²) >= 11 is 1.17. The lowest BCUT2D eigenvalue weighted by Crippen LogP contribution is -1.93. The summed E-state index contributed by atoms with van der Waals surface area (Å²) in [5, 5.41) is 17.7. The van der Waals surface area contributed by atoms with Crippen LogP contribution >= 0.6 is 11.3 Å². The second-order valence-corrected chi connectivity index (χ2v) is 4.50. The first-order valence-corrected chi connectivity index (χ1v) is 5.71. The fourth-order valence-corrected chi connectivity index (χ4v) is 2.39. The van der Waals surface area contributed by atoms with E-state index in [1.165, 1.54) is 11.3 Å². The highest BCUT2D eigenvalue weighted by Crippen LogP contribution is 2.23. The Morgan fingerprint density at radius 1 is 1.24 bits per heavy atom. The number of benzene rings is 1. The van der Waals surface area contributed by atoms with Crippen molar-refractivity contribution in [2.24, 2.45) is 0 Å². The van der Waals surface area contributed by atoms with Crippen LogP contribution in [0.25, 0.3) is 16.0 Å². The molecular weight excluding hydrogens is 238 g/mol. The molecule has 3 rings (SSSR count). The number of fused-ring (bicyclic) bond motifs is 1. The summed E-state index contributed by atoms with van der Waals surface area (Å²) in [6.45, 7) is 0. The Morgan fingerprint density at radius 3 is 2.82 bits per heavy atom. The van der Waals surface area contributed by atoms with Crippen molar-refractivity contribution in [2.45, 2.75) is 0 Å². The van der Waals surface area contributed by atoms with Gasteiger partial charge in [-0.05, 0) is 24.3 Å². The van der Waals surface area contributed by atoms with Crippen molar-refractivity contribution in [1.29, 1.82) is 0 Å². The third kappa shape index (κ3) is 1.58. The van der Waals surface area contributed by atoms with E-state index in [9.17, 15) is 4.79 Å². The molecule has 0 saturated heterocycles. The number of aromatic nitrogens is 3. The Kier molecular flexibility index (Phi) is 2.15. The summed E-state index contributed by atoms with van der Waals surface area (Å²) < 4.78 is 1.65. The molecule has 0 spiro atoms. The predicted octanol–water partition coefficient (Wildman–Crippen LogP) is 2.18. The molecule has 17 heavy (non-hydrogen) atoms. The van der Waals surface area contributed by atoms with Crippen LogP contribution in [0.2, 0.25) is 0 Å². The molecule has 2 aromatic heterocycles. The van der Waals surface area contributed by atoms with Crippen molar-refractivity contribution in [1.82, 2.24) is 15.0 Å². The lowest BCUT2D eigenvalue weighted by molar-refractivity contribution is 0.0702. The van der Waals surface area contributed by atoms with Gasteiger partial charge in [-0.3, -0.25) is 0 Å². The average Bonchev–Trinajstić information content (AvgIpc) is 2.95. The highest BCUT2D eigenvalue weighted by atomic mass is 32.1. The molecule has 84 valence electrons. The van der Waals surface area contributed by atoms with Gasteiger partial charge in [-0.1, -0.05) is 17.3 Å². The first-order chi connectivity index (χ1) is 8.25. The molecule has 0 radical (unpaired) electrons. The fourth-order valence-electron chi connectivity index (χ4n) is 1.59. The van der Waals surface area contributed by atoms with E-state index >= 15 is 0 Å². The molecule has 3 aromatic rings. The third-order valence-electron chi connectivity index (χ3n) is 2.36. The fraction of sp³-hybridized carbons (Fsp3) is 0. The van der Waals surface area contributed by atoms with Crippen molar-refractivity contribution in [3.05, 3.63) is 41.3 Å². The minimum atomic E-state index is -0.925. The Hall–Kier alpha value is -2.21. The van der Waals surface area contributed by atoms with Gasteiger partial charge in [0.05, 0.1) is 5.52 Å². The van der Waals surface area contributed by atoms with Crippen LogP contribution in [0.1, 0.15) is 9.67 Å². The normalized spacial score (nSPS) is 10.8. The summed E-state index contributed by atoms with van der Waals surface area (Å²) in [5.41, 5.74) is 1.66. The molecule has 1 aromatic carbocycles. The number of rotatable bonds is 2. The van der Waals surface area contributed by atoms with Gasteiger partial charge < -0.3 is 5.11 Å². The molecule has 5 nitrogen and oxygen atoms in total. The predicted molar refractivity (Wildman–Crippen MR) is 63.7 cm³/mol. The number of hydrogen-bond donors (Lipinski definition) is 1. The van der Waals surface area contributed by atoms with E-state index in [-0.39, 0.29) is 0 Å². The monoisotopic (exact) mass is 245 g/mol. The van der Waals surface area contributed by atoms with Gasteiger partial charge in [-0.2, -0.15) is 0 Å². The maximum atomic E-state index is 10.8. The zero-order valence-electron chi connectivity index (χ0n) is 8.57. The van der Waals surface area contributed by atoms with Crippen molar-refractivity contribution in [3.63, 3.8) is 0 Å². The number of thiophene rings is 1. The van der Waals surface area contributed by atoms with Crippen molar-refractivity contribution in [2.75, 3.05) is 0 Å². The van der Waals surface area contributed by atoms with Gasteiger partial charge in [0.1, 0.15) is 15.4 Å². The van der Waals surface area contributed by atoms with Gasteiger partial charge >= 0.3 is 5.97 Å². The van der Waals surface area contributed by atoms with E-state index < -0.39 is 5.97 Å². The Bertz CT molecular complexity index is 701. The highest BCUT2D eigenvalue weighted by molar-refractivity contribution is 7.16. The molecule has 0 aliphatic carbocycles. The van der Waals surface area contributed by atoms with E-state index in [2.05, 4.69) is 10.3 Å². The van der Waals surface area contributed by atoms with E-state index in [0.29, 0.717) is 4.88 Å². The van der Waals surface area contributed by atoms with Gasteiger partial charge in [0.25, 0.3) is 0 Å². The number of carboxylic acids is 1. The molecule has 6 heteroatoms. The van der Waals surface area contributed by atoms with Crippen LogP contribution in [-0.2, 0) is 0 Å². The summed E-state index contributed by atoms with van der Waals surface area (Å²) in [5.74, 6) is -0.925. The molecule has 0 amide bonds. The van der Waals surface area contributed by atoms with E-state index in [4.69, 9.17) is 5.11 Å². The maximum absolute atomic E-state index is 10.8. The van der Waals surface area contributed by atoms with Crippen LogP contribution in [0, 0.1) is 0 Å². The van der Waals surface area contributed by atoms with Gasteiger partial charge in [0.15, 0.2) is 0 Å². The molecule has 0 aliphatic rings. The Balaban J connectivity index is 2.17. The topological polar surface area (TPSA) is 68.0 Å². The zero-order valence-corrected chi connectivity index (χ0v) is 9.39. The van der Waals surface area contributed by atoms with Crippen LogP contribution in [0.4, 0.5) is 0 Å². The van der Waals surface area contributed by atoms with Gasteiger partial charge in [-0.15, -0.1) is 16.4 Å². The molecule has 0 atom stereocenters. The number of nitrogens with zero attached hydrogens (tertiary/aromatic N) is 3. The molecule has 0 aliphatic heterocycles. The van der Waals surface area contributed by atoms with Crippen LogP contribution in [0.15, 0.2) is 36.4 Å². The molecule has 0 saturated carbocycles. The molecular formula is C11H7N3O2S. The molecule has 1 N–H and O–H groups in total. The van der Waals surface area contributed by atoms with Crippen molar-refractivity contribution >= 4 is 28.3 Å². The van der Waals surface area contributed by atoms with Crippen LogP contribution < -0.4 is 0 Å². The largest absolute Gasteiger partial charge is 0.477 e. The maximum Gasteiger partial charge on any atom is 0.345 e. The minimum Gasteiger partial charge on any atom is -0.477 e. The number of aromatic carboxylic acids is 1. The van der Waals surface area contributed by atoms with Crippen molar-refractivity contribution in [3.8, 4) is 5.00 Å². The Morgan fingerprint density at radius 2 is 2.06 bits per heavy atom. The van der Waals surface area contributed by atoms with Crippen LogP contribution in [0.3, 0.4) is 0 Å². The quantitative estimate of drug-likeness (QED) is 0.751. The smallest absolute Gasteiger partial charge is 0.345 e. The van der Waals surface area contributed by atoms with E-state index in [1.54, 1.807) is 16.8 Å². The molecule has 0 fully saturated rings. The van der Waals surface area contributed by atoms with Gasteiger partial charge in [0.2, 0.25) is 0 Å². The van der Waals surface area contributed by atoms with Crippen molar-refractivity contribution < 1.29 is 9.90 Å². The number of hydrogen-bond acceptors (Lipinski definition) is 4. The first-order valence-electron chi connectivity index (χ1n) is 4.89. The lowest BCUT2D eigenvalue weighted by atomic mass is 10.3. The van der Waals surface area contributed by atoms with E-state index in [1.807, 2.05) is 24.3 Å². The van der Waals surface area contributed by atoms with Crippen LogP contribution in [-0.4, -0.2) is 26.1 Å². The summed E-state index contributed by atoms with van der Waals surface area (Å²) in [6.07, 6.45) is 0. The standard InChI is InChI=1S/C11H7N3O2S/c15-11(16)9-5-6-10(17-9)14-8-4-2-1-3-7(8)12-13-14/h1-6H,(H,15,16). The molecule has 0 bridgehead atoms. The second-order valence-electron chi connectivity index (χ2n) is 3.43. The SMILES string of the molecule is O=C(O)c1ccc(-n2nnc3ccccc32)s1. The second kappa shape index (κ2) is 3.67.